The van der Waals surface area contributed by atoms with E-state index in [1.54, 1.807) is 6.20 Å². The van der Waals surface area contributed by atoms with Gasteiger partial charge in [-0.2, -0.15) is 5.10 Å². The summed E-state index contributed by atoms with van der Waals surface area (Å²) >= 11 is 6.27. The summed E-state index contributed by atoms with van der Waals surface area (Å²) in [7, 11) is 0. The Kier molecular flexibility index (Phi) is 4.69. The average Bonchev–Trinajstić information content (AvgIpc) is 2.71. The fourth-order valence-electron chi connectivity index (χ4n) is 2.15. The molecule has 2 heterocycles. The number of nitrogens with one attached hydrogen (secondary N) is 1. The second-order valence-electron chi connectivity index (χ2n) is 4.52. The van der Waals surface area contributed by atoms with Crippen molar-refractivity contribution >= 4 is 11.6 Å². The molecule has 0 saturated carbocycles. The predicted octanol–water partition coefficient (Wildman–Crippen LogP) is 2.15. The maximum absolute atomic E-state index is 13.3. The van der Waals surface area contributed by atoms with Crippen molar-refractivity contribution in [2.75, 3.05) is 0 Å². The Hall–Kier alpha value is -1.50. The molecule has 0 aliphatic heterocycles. The van der Waals surface area contributed by atoms with Crippen molar-refractivity contribution in [2.45, 2.75) is 32.9 Å². The minimum atomic E-state index is -0.394. The number of nitrogens with zero attached hydrogens (tertiary/aromatic N) is 3. The largest absolute Gasteiger partial charge is 0.271 e. The lowest BCUT2D eigenvalue weighted by Gasteiger charge is -2.17. The minimum Gasteiger partial charge on any atom is -0.271 e. The molecule has 20 heavy (non-hydrogen) atoms. The third-order valence-corrected chi connectivity index (χ3v) is 3.67. The second kappa shape index (κ2) is 6.30. The summed E-state index contributed by atoms with van der Waals surface area (Å²) in [5.41, 5.74) is 5.00. The zero-order chi connectivity index (χ0) is 14.7. The van der Waals surface area contributed by atoms with Crippen molar-refractivity contribution in [2.24, 2.45) is 5.84 Å². The van der Waals surface area contributed by atoms with Crippen LogP contribution in [0.2, 0.25) is 5.02 Å². The molecule has 2 aromatic rings. The fraction of sp³-hybridized carbons (Fsp3) is 0.385. The molecule has 0 aliphatic rings. The smallest absolute Gasteiger partial charge is 0.141 e. The van der Waals surface area contributed by atoms with Gasteiger partial charge in [0.15, 0.2) is 0 Å². The summed E-state index contributed by atoms with van der Waals surface area (Å²) in [5.74, 6) is 5.18. The molecular weight excluding hydrogens is 281 g/mol. The molecule has 108 valence electrons. The Morgan fingerprint density at radius 3 is 2.85 bits per heavy atom. The SMILES string of the molecule is CCn1nc(C)c(Cl)c1CC(NN)c1cncc(F)c1. The monoisotopic (exact) mass is 297 g/mol. The standard InChI is InChI=1S/C13H17ClFN5/c1-3-20-12(13(14)8(2)19-20)5-11(18-16)9-4-10(15)7-17-6-9/h4,6-7,11,18H,3,5,16H2,1-2H3. The first-order valence-corrected chi connectivity index (χ1v) is 6.73. The molecule has 0 aromatic carbocycles. The molecule has 1 atom stereocenters. The number of hydrazine groups is 1. The zero-order valence-electron chi connectivity index (χ0n) is 11.4. The zero-order valence-corrected chi connectivity index (χ0v) is 12.2. The van der Waals surface area contributed by atoms with Crippen LogP contribution in [0, 0.1) is 12.7 Å². The summed E-state index contributed by atoms with van der Waals surface area (Å²) in [6, 6.07) is 1.13. The predicted molar refractivity (Wildman–Crippen MR) is 75.6 cm³/mol. The van der Waals surface area contributed by atoms with Crippen molar-refractivity contribution < 1.29 is 4.39 Å². The van der Waals surface area contributed by atoms with Gasteiger partial charge in [-0.1, -0.05) is 11.6 Å². The maximum Gasteiger partial charge on any atom is 0.141 e. The second-order valence-corrected chi connectivity index (χ2v) is 4.90. The van der Waals surface area contributed by atoms with Crippen LogP contribution in [0.15, 0.2) is 18.5 Å². The number of rotatable bonds is 5. The van der Waals surface area contributed by atoms with Gasteiger partial charge in [0, 0.05) is 19.2 Å². The Morgan fingerprint density at radius 1 is 1.50 bits per heavy atom. The average molecular weight is 298 g/mol. The molecule has 2 aromatic heterocycles. The molecule has 0 radical (unpaired) electrons. The Morgan fingerprint density at radius 2 is 2.25 bits per heavy atom. The lowest BCUT2D eigenvalue weighted by Crippen LogP contribution is -2.30. The fourth-order valence-corrected chi connectivity index (χ4v) is 2.36. The van der Waals surface area contributed by atoms with Gasteiger partial charge in [0.25, 0.3) is 0 Å². The maximum atomic E-state index is 13.3. The van der Waals surface area contributed by atoms with Crippen molar-refractivity contribution in [1.82, 2.24) is 20.2 Å². The number of pyridine rings is 1. The van der Waals surface area contributed by atoms with E-state index in [0.717, 1.165) is 17.6 Å². The molecule has 0 amide bonds. The number of aryl methyl sites for hydroxylation is 2. The van der Waals surface area contributed by atoms with Gasteiger partial charge < -0.3 is 0 Å². The first kappa shape index (κ1) is 14.9. The van der Waals surface area contributed by atoms with E-state index in [4.69, 9.17) is 17.4 Å². The first-order chi connectivity index (χ1) is 9.56. The van der Waals surface area contributed by atoms with E-state index in [9.17, 15) is 4.39 Å². The van der Waals surface area contributed by atoms with Crippen LogP contribution in [0.25, 0.3) is 0 Å². The van der Waals surface area contributed by atoms with Crippen molar-refractivity contribution in [3.8, 4) is 0 Å². The topological polar surface area (TPSA) is 68.8 Å². The van der Waals surface area contributed by atoms with Crippen LogP contribution in [0.1, 0.15) is 29.9 Å². The molecule has 0 spiro atoms. The van der Waals surface area contributed by atoms with E-state index in [-0.39, 0.29) is 6.04 Å². The molecular formula is C13H17ClFN5. The molecule has 0 fully saturated rings. The Bertz CT molecular complexity index is 598. The summed E-state index contributed by atoms with van der Waals surface area (Å²) in [6.07, 6.45) is 3.25. The summed E-state index contributed by atoms with van der Waals surface area (Å²) in [6.45, 7) is 4.55. The molecule has 1 unspecified atom stereocenters. The van der Waals surface area contributed by atoms with Gasteiger partial charge in [-0.15, -0.1) is 0 Å². The van der Waals surface area contributed by atoms with Crippen LogP contribution in [-0.2, 0) is 13.0 Å². The number of hydrogen-bond acceptors (Lipinski definition) is 4. The molecule has 2 rings (SSSR count). The van der Waals surface area contributed by atoms with E-state index in [2.05, 4.69) is 15.5 Å². The molecule has 5 nitrogen and oxygen atoms in total. The van der Waals surface area contributed by atoms with Crippen molar-refractivity contribution in [1.29, 1.82) is 0 Å². The third-order valence-electron chi connectivity index (χ3n) is 3.18. The summed E-state index contributed by atoms with van der Waals surface area (Å²) < 4.78 is 15.1. The van der Waals surface area contributed by atoms with Gasteiger partial charge >= 0.3 is 0 Å². The summed E-state index contributed by atoms with van der Waals surface area (Å²) in [4.78, 5) is 3.84. The highest BCUT2D eigenvalue weighted by Gasteiger charge is 2.19. The van der Waals surface area contributed by atoms with E-state index in [1.807, 2.05) is 18.5 Å². The summed E-state index contributed by atoms with van der Waals surface area (Å²) in [5, 5.41) is 4.98. The molecule has 7 heteroatoms. The normalized spacial score (nSPS) is 12.7. The first-order valence-electron chi connectivity index (χ1n) is 6.35. The van der Waals surface area contributed by atoms with Crippen LogP contribution < -0.4 is 11.3 Å². The van der Waals surface area contributed by atoms with Crippen LogP contribution >= 0.6 is 11.6 Å². The quantitative estimate of drug-likeness (QED) is 0.655. The van der Waals surface area contributed by atoms with E-state index < -0.39 is 5.82 Å². The molecule has 0 bridgehead atoms. The highest BCUT2D eigenvalue weighted by Crippen LogP contribution is 2.25. The van der Waals surface area contributed by atoms with E-state index >= 15 is 0 Å². The van der Waals surface area contributed by atoms with Gasteiger partial charge in [-0.3, -0.25) is 20.9 Å². The molecule has 0 aliphatic carbocycles. The number of hydrogen-bond donors (Lipinski definition) is 2. The van der Waals surface area contributed by atoms with Crippen molar-refractivity contribution in [3.05, 3.63) is 46.3 Å². The van der Waals surface area contributed by atoms with Gasteiger partial charge in [-0.05, 0) is 25.5 Å². The Balaban J connectivity index is 2.31. The van der Waals surface area contributed by atoms with Gasteiger partial charge in [0.2, 0.25) is 0 Å². The van der Waals surface area contributed by atoms with Gasteiger partial charge in [0.1, 0.15) is 5.82 Å². The highest BCUT2D eigenvalue weighted by molar-refractivity contribution is 6.31. The number of nitrogens with two attached hydrogens (primary N) is 1. The van der Waals surface area contributed by atoms with Crippen LogP contribution in [0.4, 0.5) is 4.39 Å². The third kappa shape index (κ3) is 2.98. The molecule has 0 saturated heterocycles. The van der Waals surface area contributed by atoms with Gasteiger partial charge in [0.05, 0.1) is 28.6 Å². The van der Waals surface area contributed by atoms with Crippen LogP contribution in [-0.4, -0.2) is 14.8 Å². The van der Waals surface area contributed by atoms with Gasteiger partial charge in [-0.25, -0.2) is 4.39 Å². The highest BCUT2D eigenvalue weighted by atomic mass is 35.5. The molecule has 3 N–H and O–H groups in total. The van der Waals surface area contributed by atoms with Crippen molar-refractivity contribution in [3.63, 3.8) is 0 Å². The van der Waals surface area contributed by atoms with E-state index in [0.29, 0.717) is 23.6 Å². The van der Waals surface area contributed by atoms with E-state index in [1.165, 1.54) is 6.07 Å². The van der Waals surface area contributed by atoms with Crippen LogP contribution in [0.3, 0.4) is 0 Å². The lowest BCUT2D eigenvalue weighted by atomic mass is 10.0. The number of aromatic nitrogens is 3. The lowest BCUT2D eigenvalue weighted by molar-refractivity contribution is 0.511. The van der Waals surface area contributed by atoms with Crippen LogP contribution in [0.5, 0.6) is 0 Å². The Labute approximate surface area is 121 Å². The minimum absolute atomic E-state index is 0.280. The number of halogens is 2.